The van der Waals surface area contributed by atoms with Gasteiger partial charge in [0, 0.05) is 5.56 Å². The Bertz CT molecular complexity index is 371. The van der Waals surface area contributed by atoms with Gasteiger partial charge in [-0.1, -0.05) is 12.6 Å². The fourth-order valence-electron chi connectivity index (χ4n) is 0.909. The van der Waals surface area contributed by atoms with Crippen molar-refractivity contribution >= 4 is 21.7 Å². The molecule has 0 heterocycles. The van der Waals surface area contributed by atoms with Crippen LogP contribution in [0.4, 0.5) is 4.39 Å². The zero-order chi connectivity index (χ0) is 10.0. The summed E-state index contributed by atoms with van der Waals surface area (Å²) in [6, 6.07) is 4.35. The Balaban J connectivity index is 3.23. The van der Waals surface area contributed by atoms with E-state index in [9.17, 15) is 9.18 Å². The molecule has 0 aromatic heterocycles. The molecule has 0 unspecified atom stereocenters. The molecule has 0 amide bonds. The lowest BCUT2D eigenvalue weighted by molar-refractivity contribution is 0.103. The molecule has 0 aliphatic rings. The second-order valence-electron chi connectivity index (χ2n) is 2.71. The highest BCUT2D eigenvalue weighted by atomic mass is 79.9. The van der Waals surface area contributed by atoms with Crippen molar-refractivity contribution in [3.63, 3.8) is 0 Å². The van der Waals surface area contributed by atoms with Gasteiger partial charge in [0.2, 0.25) is 0 Å². The maximum absolute atomic E-state index is 13.0. The number of benzene rings is 1. The zero-order valence-electron chi connectivity index (χ0n) is 7.10. The summed E-state index contributed by atoms with van der Waals surface area (Å²) < 4.78 is 13.2. The lowest BCUT2D eigenvalue weighted by Gasteiger charge is -2.02. The van der Waals surface area contributed by atoms with Crippen molar-refractivity contribution in [1.29, 1.82) is 0 Å². The van der Waals surface area contributed by atoms with Crippen LogP contribution >= 0.6 is 15.9 Å². The van der Waals surface area contributed by atoms with E-state index >= 15 is 0 Å². The van der Waals surface area contributed by atoms with E-state index in [4.69, 9.17) is 0 Å². The van der Waals surface area contributed by atoms with Crippen molar-refractivity contribution in [2.75, 3.05) is 0 Å². The molecule has 0 spiro atoms. The van der Waals surface area contributed by atoms with Crippen LogP contribution in [0, 0.1) is 5.82 Å². The monoisotopic (exact) mass is 242 g/mol. The summed E-state index contributed by atoms with van der Waals surface area (Å²) in [5.74, 6) is -0.682. The maximum atomic E-state index is 13.0. The summed E-state index contributed by atoms with van der Waals surface area (Å²) in [7, 11) is 0. The number of Topliss-reactive ketones (excluding diaryl/α,β-unsaturated/α-hetero) is 1. The molecule has 1 nitrogen and oxygen atoms in total. The molecule has 0 saturated carbocycles. The first-order valence-electron chi connectivity index (χ1n) is 3.68. The van der Waals surface area contributed by atoms with Crippen LogP contribution in [0.2, 0.25) is 0 Å². The first kappa shape index (κ1) is 10.1. The minimum atomic E-state index is -0.438. The standard InChI is InChI=1S/C10H8BrFO/c1-6(2)10(13)7-4-3-5-8(12)9(7)11/h3-5H,1H2,2H3. The first-order valence-corrected chi connectivity index (χ1v) is 4.47. The highest BCUT2D eigenvalue weighted by molar-refractivity contribution is 9.10. The Morgan fingerprint density at radius 1 is 1.54 bits per heavy atom. The van der Waals surface area contributed by atoms with Crippen molar-refractivity contribution in [2.45, 2.75) is 6.92 Å². The average molecular weight is 243 g/mol. The molecule has 0 aliphatic carbocycles. The SMILES string of the molecule is C=C(C)C(=O)c1cccc(F)c1Br. The van der Waals surface area contributed by atoms with Crippen LogP contribution in [0.3, 0.4) is 0 Å². The van der Waals surface area contributed by atoms with E-state index in [-0.39, 0.29) is 10.3 Å². The van der Waals surface area contributed by atoms with Gasteiger partial charge in [-0.05, 0) is 40.6 Å². The first-order chi connectivity index (χ1) is 6.04. The number of hydrogen-bond acceptors (Lipinski definition) is 1. The third-order valence-corrected chi connectivity index (χ3v) is 2.39. The van der Waals surface area contributed by atoms with Crippen LogP contribution < -0.4 is 0 Å². The minimum absolute atomic E-state index is 0.197. The molecule has 3 heteroatoms. The summed E-state index contributed by atoms with van der Waals surface area (Å²) in [5.41, 5.74) is 0.707. The fourth-order valence-corrected chi connectivity index (χ4v) is 1.35. The molecular weight excluding hydrogens is 235 g/mol. The summed E-state index contributed by atoms with van der Waals surface area (Å²) in [5, 5.41) is 0. The van der Waals surface area contributed by atoms with Gasteiger partial charge in [-0.3, -0.25) is 4.79 Å². The molecular formula is C10H8BrFO. The van der Waals surface area contributed by atoms with Crippen molar-refractivity contribution < 1.29 is 9.18 Å². The van der Waals surface area contributed by atoms with Crippen molar-refractivity contribution in [3.05, 3.63) is 46.2 Å². The quantitative estimate of drug-likeness (QED) is 0.575. The molecule has 1 rings (SSSR count). The minimum Gasteiger partial charge on any atom is -0.289 e. The van der Waals surface area contributed by atoms with E-state index in [2.05, 4.69) is 22.5 Å². The number of halogens is 2. The van der Waals surface area contributed by atoms with Gasteiger partial charge in [-0.2, -0.15) is 0 Å². The highest BCUT2D eigenvalue weighted by Crippen LogP contribution is 2.22. The summed E-state index contributed by atoms with van der Waals surface area (Å²) >= 11 is 3.01. The normalized spacial score (nSPS) is 9.77. The van der Waals surface area contributed by atoms with Crippen LogP contribution in [0.25, 0.3) is 0 Å². The Morgan fingerprint density at radius 3 is 2.69 bits per heavy atom. The van der Waals surface area contributed by atoms with Crippen LogP contribution in [-0.4, -0.2) is 5.78 Å². The molecule has 0 N–H and O–H groups in total. The van der Waals surface area contributed by atoms with Gasteiger partial charge in [0.15, 0.2) is 5.78 Å². The van der Waals surface area contributed by atoms with Gasteiger partial charge in [0.05, 0.1) is 4.47 Å². The van der Waals surface area contributed by atoms with E-state index < -0.39 is 5.82 Å². The largest absolute Gasteiger partial charge is 0.289 e. The Hall–Kier alpha value is -0.960. The van der Waals surface area contributed by atoms with Crippen LogP contribution in [0.1, 0.15) is 17.3 Å². The maximum Gasteiger partial charge on any atom is 0.189 e. The van der Waals surface area contributed by atoms with Crippen LogP contribution in [0.5, 0.6) is 0 Å². The second-order valence-corrected chi connectivity index (χ2v) is 3.50. The second kappa shape index (κ2) is 3.83. The van der Waals surface area contributed by atoms with Gasteiger partial charge in [0.1, 0.15) is 5.82 Å². The predicted octanol–water partition coefficient (Wildman–Crippen LogP) is 3.35. The smallest absolute Gasteiger partial charge is 0.189 e. The number of hydrogen-bond donors (Lipinski definition) is 0. The van der Waals surface area contributed by atoms with Crippen LogP contribution in [0.15, 0.2) is 34.8 Å². The molecule has 68 valence electrons. The van der Waals surface area contributed by atoms with Crippen LogP contribution in [-0.2, 0) is 0 Å². The van der Waals surface area contributed by atoms with E-state index in [1.807, 2.05) is 0 Å². The molecule has 0 saturated heterocycles. The third-order valence-electron chi connectivity index (χ3n) is 1.58. The van der Waals surface area contributed by atoms with E-state index in [1.165, 1.54) is 12.1 Å². The van der Waals surface area contributed by atoms with Gasteiger partial charge in [-0.25, -0.2) is 4.39 Å². The molecule has 0 bridgehead atoms. The summed E-state index contributed by atoms with van der Waals surface area (Å²) in [6.07, 6.45) is 0. The molecule has 0 fully saturated rings. The highest BCUT2D eigenvalue weighted by Gasteiger charge is 2.12. The molecule has 13 heavy (non-hydrogen) atoms. The number of allylic oxidation sites excluding steroid dienone is 1. The molecule has 0 atom stereocenters. The van der Waals surface area contributed by atoms with Crippen molar-refractivity contribution in [1.82, 2.24) is 0 Å². The topological polar surface area (TPSA) is 17.1 Å². The molecule has 0 aliphatic heterocycles. The molecule has 0 radical (unpaired) electrons. The Kier molecular flexibility index (Phi) is 2.98. The number of carbonyl (C=O) groups is 1. The summed E-state index contributed by atoms with van der Waals surface area (Å²) in [6.45, 7) is 5.11. The fraction of sp³-hybridized carbons (Fsp3) is 0.100. The number of ketones is 1. The number of rotatable bonds is 2. The van der Waals surface area contributed by atoms with E-state index in [1.54, 1.807) is 13.0 Å². The predicted molar refractivity (Wildman–Crippen MR) is 53.2 cm³/mol. The zero-order valence-corrected chi connectivity index (χ0v) is 8.69. The Morgan fingerprint density at radius 2 is 2.15 bits per heavy atom. The third kappa shape index (κ3) is 2.04. The Labute approximate surface area is 84.4 Å². The lowest BCUT2D eigenvalue weighted by atomic mass is 10.1. The van der Waals surface area contributed by atoms with E-state index in [0.717, 1.165) is 0 Å². The van der Waals surface area contributed by atoms with Gasteiger partial charge in [0.25, 0.3) is 0 Å². The lowest BCUT2D eigenvalue weighted by Crippen LogP contribution is -2.01. The number of carbonyl (C=O) groups excluding carboxylic acids is 1. The van der Waals surface area contributed by atoms with Gasteiger partial charge >= 0.3 is 0 Å². The van der Waals surface area contributed by atoms with E-state index in [0.29, 0.717) is 11.1 Å². The van der Waals surface area contributed by atoms with Gasteiger partial charge < -0.3 is 0 Å². The molecule has 1 aromatic rings. The van der Waals surface area contributed by atoms with Crippen molar-refractivity contribution in [3.8, 4) is 0 Å². The van der Waals surface area contributed by atoms with Crippen molar-refractivity contribution in [2.24, 2.45) is 0 Å². The average Bonchev–Trinajstić information content (AvgIpc) is 2.08. The molecule has 1 aromatic carbocycles. The van der Waals surface area contributed by atoms with Gasteiger partial charge in [-0.15, -0.1) is 0 Å². The summed E-state index contributed by atoms with van der Waals surface area (Å²) in [4.78, 5) is 11.4.